The van der Waals surface area contributed by atoms with Gasteiger partial charge in [0.15, 0.2) is 0 Å². The summed E-state index contributed by atoms with van der Waals surface area (Å²) in [6.07, 6.45) is 0.460. The Kier molecular flexibility index (Phi) is 5.69. The van der Waals surface area contributed by atoms with Crippen LogP contribution in [0.15, 0.2) is 78.9 Å². The maximum atomic E-state index is 11.8. The van der Waals surface area contributed by atoms with E-state index in [-0.39, 0.29) is 12.1 Å². The second-order valence-corrected chi connectivity index (χ2v) is 6.90. The number of amides is 1. The van der Waals surface area contributed by atoms with Crippen molar-refractivity contribution in [2.75, 3.05) is 13.1 Å². The van der Waals surface area contributed by atoms with Crippen LogP contribution in [0.1, 0.15) is 29.2 Å². The lowest BCUT2D eigenvalue weighted by atomic mass is 10.1. The van der Waals surface area contributed by atoms with Crippen LogP contribution >= 0.6 is 0 Å². The second kappa shape index (κ2) is 8.72. The average Bonchev–Trinajstić information content (AvgIpc) is 3.07. The minimum Gasteiger partial charge on any atom is -0.445 e. The first kappa shape index (κ1) is 18.3. The first-order valence-corrected chi connectivity index (χ1v) is 9.69. The molecule has 142 valence electrons. The Morgan fingerprint density at radius 1 is 0.786 bits per heavy atom. The summed E-state index contributed by atoms with van der Waals surface area (Å²) in [6.45, 7) is 1.68. The van der Waals surface area contributed by atoms with E-state index < -0.39 is 0 Å². The molecular weight excluding hydrogens is 348 g/mol. The van der Waals surface area contributed by atoms with Gasteiger partial charge in [0.1, 0.15) is 6.61 Å². The zero-order valence-corrected chi connectivity index (χ0v) is 15.7. The number of ether oxygens (including phenoxy) is 1. The number of carbonyl (C=O) groups is 1. The molecule has 0 unspecified atom stereocenters. The van der Waals surface area contributed by atoms with Crippen molar-refractivity contribution >= 4 is 6.09 Å². The molecule has 0 aromatic heterocycles. The molecule has 4 heteroatoms. The molecular formula is C24H24N2O2. The van der Waals surface area contributed by atoms with Gasteiger partial charge in [-0.15, -0.1) is 0 Å². The standard InChI is InChI=1S/C24H24N2O2/c27-24(28-17-18-9-2-1-3-10-18)26-16-8-15-25-23-21-13-6-4-11-19(21)20-12-5-7-14-22(20)23/h1-7,9-14,23,25H,8,15-17H2,(H,26,27). The summed E-state index contributed by atoms with van der Waals surface area (Å²) in [5.74, 6) is 0. The average molecular weight is 372 g/mol. The Balaban J connectivity index is 1.23. The molecule has 1 aliphatic rings. The fourth-order valence-corrected chi connectivity index (χ4v) is 3.67. The topological polar surface area (TPSA) is 50.4 Å². The third-order valence-electron chi connectivity index (χ3n) is 5.02. The van der Waals surface area contributed by atoms with Crippen LogP contribution in [0.3, 0.4) is 0 Å². The molecule has 0 saturated heterocycles. The van der Waals surface area contributed by atoms with Crippen LogP contribution < -0.4 is 10.6 Å². The zero-order valence-electron chi connectivity index (χ0n) is 15.7. The molecule has 1 amide bonds. The summed E-state index contributed by atoms with van der Waals surface area (Å²) in [5, 5.41) is 6.45. The highest BCUT2D eigenvalue weighted by Gasteiger charge is 2.27. The number of carbonyl (C=O) groups excluding carboxylic acids is 1. The summed E-state index contributed by atoms with van der Waals surface area (Å²) in [6, 6.07) is 27.0. The molecule has 0 aliphatic heterocycles. The van der Waals surface area contributed by atoms with Crippen molar-refractivity contribution in [1.29, 1.82) is 0 Å². The Labute approximate surface area is 165 Å². The van der Waals surface area contributed by atoms with Gasteiger partial charge in [-0.25, -0.2) is 4.79 Å². The second-order valence-electron chi connectivity index (χ2n) is 6.90. The van der Waals surface area contributed by atoms with Gasteiger partial charge in [-0.05, 0) is 40.8 Å². The molecule has 3 aromatic rings. The Hall–Kier alpha value is -3.11. The molecule has 0 saturated carbocycles. The zero-order chi connectivity index (χ0) is 19.2. The fraction of sp³-hybridized carbons (Fsp3) is 0.208. The lowest BCUT2D eigenvalue weighted by Crippen LogP contribution is -2.29. The quantitative estimate of drug-likeness (QED) is 0.593. The van der Waals surface area contributed by atoms with Crippen molar-refractivity contribution in [1.82, 2.24) is 10.6 Å². The SMILES string of the molecule is O=C(NCCCNC1c2ccccc2-c2ccccc21)OCc1ccccc1. The van der Waals surface area contributed by atoms with Crippen LogP contribution in [-0.2, 0) is 11.3 Å². The van der Waals surface area contributed by atoms with E-state index in [1.165, 1.54) is 22.3 Å². The van der Waals surface area contributed by atoms with Gasteiger partial charge in [0, 0.05) is 6.54 Å². The van der Waals surface area contributed by atoms with Crippen LogP contribution in [0.2, 0.25) is 0 Å². The minimum atomic E-state index is -0.375. The van der Waals surface area contributed by atoms with E-state index in [9.17, 15) is 4.79 Å². The van der Waals surface area contributed by atoms with E-state index in [4.69, 9.17) is 4.74 Å². The van der Waals surface area contributed by atoms with Gasteiger partial charge in [0.25, 0.3) is 0 Å². The van der Waals surface area contributed by atoms with Gasteiger partial charge in [0.2, 0.25) is 0 Å². The van der Waals surface area contributed by atoms with E-state index in [1.807, 2.05) is 30.3 Å². The van der Waals surface area contributed by atoms with Gasteiger partial charge < -0.3 is 15.4 Å². The Morgan fingerprint density at radius 3 is 2.07 bits per heavy atom. The summed E-state index contributed by atoms with van der Waals surface area (Å²) in [5.41, 5.74) is 6.23. The smallest absolute Gasteiger partial charge is 0.407 e. The van der Waals surface area contributed by atoms with Crippen molar-refractivity contribution in [3.63, 3.8) is 0 Å². The van der Waals surface area contributed by atoms with Crippen LogP contribution in [0.4, 0.5) is 4.79 Å². The maximum Gasteiger partial charge on any atom is 0.407 e. The van der Waals surface area contributed by atoms with Gasteiger partial charge in [-0.1, -0.05) is 78.9 Å². The molecule has 1 aliphatic carbocycles. The molecule has 4 nitrogen and oxygen atoms in total. The van der Waals surface area contributed by atoms with E-state index in [1.54, 1.807) is 0 Å². The molecule has 0 bridgehead atoms. The highest BCUT2D eigenvalue weighted by molar-refractivity contribution is 5.78. The normalized spacial score (nSPS) is 12.3. The highest BCUT2D eigenvalue weighted by Crippen LogP contribution is 2.42. The first-order chi connectivity index (χ1) is 13.8. The van der Waals surface area contributed by atoms with E-state index in [0.29, 0.717) is 13.2 Å². The number of rotatable bonds is 7. The summed E-state index contributed by atoms with van der Waals surface area (Å²) >= 11 is 0. The van der Waals surface area contributed by atoms with Gasteiger partial charge in [-0.3, -0.25) is 0 Å². The highest BCUT2D eigenvalue weighted by atomic mass is 16.5. The maximum absolute atomic E-state index is 11.8. The number of alkyl carbamates (subject to hydrolysis) is 1. The van der Waals surface area contributed by atoms with Crippen molar-refractivity contribution in [2.45, 2.75) is 19.1 Å². The van der Waals surface area contributed by atoms with Crippen LogP contribution in [0.25, 0.3) is 11.1 Å². The molecule has 0 radical (unpaired) electrons. The number of hydrogen-bond acceptors (Lipinski definition) is 3. The molecule has 0 spiro atoms. The third-order valence-corrected chi connectivity index (χ3v) is 5.02. The number of fused-ring (bicyclic) bond motifs is 3. The van der Waals surface area contributed by atoms with Crippen molar-refractivity contribution in [2.24, 2.45) is 0 Å². The van der Waals surface area contributed by atoms with Crippen molar-refractivity contribution in [3.8, 4) is 11.1 Å². The molecule has 0 atom stereocenters. The lowest BCUT2D eigenvalue weighted by molar-refractivity contribution is 0.139. The summed E-state index contributed by atoms with van der Waals surface area (Å²) in [7, 11) is 0. The minimum absolute atomic E-state index is 0.206. The molecule has 3 aromatic carbocycles. The van der Waals surface area contributed by atoms with Crippen LogP contribution in [0, 0.1) is 0 Å². The molecule has 2 N–H and O–H groups in total. The third kappa shape index (κ3) is 4.07. The lowest BCUT2D eigenvalue weighted by Gasteiger charge is -2.16. The number of hydrogen-bond donors (Lipinski definition) is 2. The van der Waals surface area contributed by atoms with Crippen LogP contribution in [-0.4, -0.2) is 19.2 Å². The van der Waals surface area contributed by atoms with E-state index in [0.717, 1.165) is 18.5 Å². The Bertz CT molecular complexity index is 895. The van der Waals surface area contributed by atoms with Crippen molar-refractivity contribution < 1.29 is 9.53 Å². The van der Waals surface area contributed by atoms with E-state index in [2.05, 4.69) is 59.2 Å². The number of nitrogens with one attached hydrogen (secondary N) is 2. The fourth-order valence-electron chi connectivity index (χ4n) is 3.67. The molecule has 0 heterocycles. The molecule has 28 heavy (non-hydrogen) atoms. The number of benzene rings is 3. The predicted octanol–water partition coefficient (Wildman–Crippen LogP) is 4.66. The van der Waals surface area contributed by atoms with Crippen LogP contribution in [0.5, 0.6) is 0 Å². The molecule has 0 fully saturated rings. The largest absolute Gasteiger partial charge is 0.445 e. The van der Waals surface area contributed by atoms with Crippen molar-refractivity contribution in [3.05, 3.63) is 95.6 Å². The van der Waals surface area contributed by atoms with Gasteiger partial charge >= 0.3 is 6.09 Å². The van der Waals surface area contributed by atoms with Gasteiger partial charge in [0.05, 0.1) is 6.04 Å². The van der Waals surface area contributed by atoms with Gasteiger partial charge in [-0.2, -0.15) is 0 Å². The monoisotopic (exact) mass is 372 g/mol. The first-order valence-electron chi connectivity index (χ1n) is 9.69. The molecule has 4 rings (SSSR count). The Morgan fingerprint density at radius 2 is 1.39 bits per heavy atom. The summed E-state index contributed by atoms with van der Waals surface area (Å²) in [4.78, 5) is 11.8. The van der Waals surface area contributed by atoms with E-state index >= 15 is 0 Å². The summed E-state index contributed by atoms with van der Waals surface area (Å²) < 4.78 is 5.23. The predicted molar refractivity (Wildman–Crippen MR) is 111 cm³/mol.